The molecule has 2 aromatic carbocycles. The van der Waals surface area contributed by atoms with Crippen LogP contribution in [0.25, 0.3) is 0 Å². The van der Waals surface area contributed by atoms with Gasteiger partial charge in [0.15, 0.2) is 4.84 Å². The zero-order valence-corrected chi connectivity index (χ0v) is 20.6. The number of methoxy groups -OCH3 is 1. The average Bonchev–Trinajstić information content (AvgIpc) is 2.83. The monoisotopic (exact) mass is 492 g/mol. The highest BCUT2D eigenvalue weighted by molar-refractivity contribution is 6.54. The van der Waals surface area contributed by atoms with Gasteiger partial charge in [-0.3, -0.25) is 9.59 Å². The van der Waals surface area contributed by atoms with Gasteiger partial charge < -0.3 is 25.2 Å². The lowest BCUT2D eigenvalue weighted by Gasteiger charge is -2.38. The Morgan fingerprint density at radius 3 is 2.27 bits per heavy atom. The largest absolute Gasteiger partial charge is 0.495 e. The maximum Gasteiger partial charge on any atom is 0.257 e. The minimum Gasteiger partial charge on any atom is -0.495 e. The molecule has 0 aromatic heterocycles. The molecule has 2 amide bonds. The predicted molar refractivity (Wildman–Crippen MR) is 135 cm³/mol. The SMILES string of the molecule is CC[C@H](C)NC(=O)c1cc(NC(=O)C(Cl)Cl)ccc1N1CCN(c2ccccc2OC)CC1. The molecule has 33 heavy (non-hydrogen) atoms. The maximum absolute atomic E-state index is 13.1. The van der Waals surface area contributed by atoms with Crippen molar-refractivity contribution in [3.63, 3.8) is 0 Å². The summed E-state index contributed by atoms with van der Waals surface area (Å²) in [4.78, 5) is 28.3. The quantitative estimate of drug-likeness (QED) is 0.537. The van der Waals surface area contributed by atoms with Crippen molar-refractivity contribution < 1.29 is 14.3 Å². The highest BCUT2D eigenvalue weighted by Crippen LogP contribution is 2.31. The number of benzene rings is 2. The number of hydrogen-bond acceptors (Lipinski definition) is 5. The fourth-order valence-electron chi connectivity index (χ4n) is 3.75. The van der Waals surface area contributed by atoms with Gasteiger partial charge in [0.2, 0.25) is 0 Å². The minimum atomic E-state index is -1.19. The van der Waals surface area contributed by atoms with Crippen molar-refractivity contribution in [2.45, 2.75) is 31.1 Å². The third kappa shape index (κ3) is 6.24. The Balaban J connectivity index is 1.82. The number of ether oxygens (including phenoxy) is 1. The molecule has 2 N–H and O–H groups in total. The molecule has 2 aromatic rings. The van der Waals surface area contributed by atoms with Crippen LogP contribution in [0.1, 0.15) is 30.6 Å². The van der Waals surface area contributed by atoms with E-state index in [1.165, 1.54) is 0 Å². The molecule has 9 heteroatoms. The number of nitrogens with one attached hydrogen (secondary N) is 2. The van der Waals surface area contributed by atoms with Gasteiger partial charge in [0.25, 0.3) is 11.8 Å². The molecule has 1 saturated heterocycles. The molecule has 1 aliphatic heterocycles. The fraction of sp³-hybridized carbons (Fsp3) is 0.417. The van der Waals surface area contributed by atoms with E-state index in [-0.39, 0.29) is 11.9 Å². The number of halogens is 2. The number of rotatable bonds is 8. The molecule has 1 fully saturated rings. The molecule has 1 atom stereocenters. The molecule has 1 aliphatic rings. The van der Waals surface area contributed by atoms with Crippen LogP contribution in [0.4, 0.5) is 17.1 Å². The average molecular weight is 493 g/mol. The molecule has 0 saturated carbocycles. The molecule has 0 bridgehead atoms. The highest BCUT2D eigenvalue weighted by atomic mass is 35.5. The Kier molecular flexibility index (Phi) is 8.69. The molecule has 3 rings (SSSR count). The fourth-order valence-corrected chi connectivity index (χ4v) is 3.86. The predicted octanol–water partition coefficient (Wildman–Crippen LogP) is 4.29. The first-order valence-corrected chi connectivity index (χ1v) is 11.9. The molecule has 178 valence electrons. The van der Waals surface area contributed by atoms with Gasteiger partial charge in [-0.1, -0.05) is 42.3 Å². The molecule has 1 heterocycles. The van der Waals surface area contributed by atoms with Crippen LogP contribution in [0.15, 0.2) is 42.5 Å². The van der Waals surface area contributed by atoms with Gasteiger partial charge in [-0.05, 0) is 43.7 Å². The molecular weight excluding hydrogens is 463 g/mol. The second kappa shape index (κ2) is 11.5. The van der Waals surface area contributed by atoms with Crippen molar-refractivity contribution in [3.05, 3.63) is 48.0 Å². The normalized spacial score (nSPS) is 14.7. The summed E-state index contributed by atoms with van der Waals surface area (Å²) in [6.07, 6.45) is 0.815. The number of piperazine rings is 1. The summed E-state index contributed by atoms with van der Waals surface area (Å²) in [6.45, 7) is 7.01. The number of amides is 2. The standard InChI is InChI=1S/C24H30Cl2N4O3/c1-4-16(2)27-23(31)18-15-17(28-24(32)22(25)26)9-10-19(18)29-11-13-30(14-12-29)20-7-5-6-8-21(20)33-3/h5-10,15-16,22H,4,11-14H2,1-3H3,(H,27,31)(H,28,32)/t16-/m0/s1. The lowest BCUT2D eigenvalue weighted by molar-refractivity contribution is -0.114. The van der Waals surface area contributed by atoms with Crippen LogP contribution in [0.2, 0.25) is 0 Å². The Hall–Kier alpha value is -2.64. The van der Waals surface area contributed by atoms with Gasteiger partial charge >= 0.3 is 0 Å². The van der Waals surface area contributed by atoms with Crippen LogP contribution in [0.5, 0.6) is 5.75 Å². The molecule has 0 unspecified atom stereocenters. The van der Waals surface area contributed by atoms with E-state index in [0.717, 1.165) is 49.7 Å². The Morgan fingerprint density at radius 1 is 1.03 bits per heavy atom. The van der Waals surface area contributed by atoms with Crippen molar-refractivity contribution in [3.8, 4) is 5.75 Å². The first-order valence-electron chi connectivity index (χ1n) is 11.0. The van der Waals surface area contributed by atoms with E-state index in [2.05, 4.69) is 26.5 Å². The van der Waals surface area contributed by atoms with Crippen LogP contribution >= 0.6 is 23.2 Å². The number of hydrogen-bond donors (Lipinski definition) is 2. The third-order valence-corrected chi connectivity index (χ3v) is 6.14. The zero-order valence-electron chi connectivity index (χ0n) is 19.1. The van der Waals surface area contributed by atoms with Crippen molar-refractivity contribution in [1.29, 1.82) is 0 Å². The zero-order chi connectivity index (χ0) is 24.0. The van der Waals surface area contributed by atoms with Gasteiger partial charge in [-0.15, -0.1) is 0 Å². The van der Waals surface area contributed by atoms with Gasteiger partial charge in [0.1, 0.15) is 5.75 Å². The van der Waals surface area contributed by atoms with E-state index in [9.17, 15) is 9.59 Å². The van der Waals surface area contributed by atoms with Crippen molar-refractivity contribution in [2.75, 3.05) is 48.4 Å². The van der Waals surface area contributed by atoms with Crippen LogP contribution < -0.4 is 25.2 Å². The first kappa shape index (κ1) is 25.0. The summed E-state index contributed by atoms with van der Waals surface area (Å²) in [5, 5.41) is 5.67. The Labute approximate surface area is 205 Å². The van der Waals surface area contributed by atoms with E-state index in [4.69, 9.17) is 27.9 Å². The Morgan fingerprint density at radius 2 is 1.67 bits per heavy atom. The van der Waals surface area contributed by atoms with E-state index >= 15 is 0 Å². The summed E-state index contributed by atoms with van der Waals surface area (Å²) in [5.41, 5.74) is 2.85. The van der Waals surface area contributed by atoms with Crippen molar-refractivity contribution >= 4 is 52.1 Å². The van der Waals surface area contributed by atoms with Crippen LogP contribution in [0, 0.1) is 0 Å². The summed E-state index contributed by atoms with van der Waals surface area (Å²) in [5.74, 6) is 0.122. The van der Waals surface area contributed by atoms with E-state index in [0.29, 0.717) is 11.3 Å². The summed E-state index contributed by atoms with van der Waals surface area (Å²) >= 11 is 11.3. The number of para-hydroxylation sites is 2. The summed E-state index contributed by atoms with van der Waals surface area (Å²) < 4.78 is 5.51. The van der Waals surface area contributed by atoms with E-state index in [1.807, 2.05) is 38.1 Å². The van der Waals surface area contributed by atoms with Crippen molar-refractivity contribution in [2.24, 2.45) is 0 Å². The smallest absolute Gasteiger partial charge is 0.257 e. The van der Waals surface area contributed by atoms with Gasteiger partial charge in [-0.25, -0.2) is 0 Å². The lowest BCUT2D eigenvalue weighted by atomic mass is 10.1. The molecule has 0 spiro atoms. The molecule has 7 nitrogen and oxygen atoms in total. The van der Waals surface area contributed by atoms with Crippen LogP contribution in [0.3, 0.4) is 0 Å². The lowest BCUT2D eigenvalue weighted by Crippen LogP contribution is -2.47. The number of alkyl halides is 2. The van der Waals surface area contributed by atoms with Crippen LogP contribution in [-0.2, 0) is 4.79 Å². The molecule has 0 aliphatic carbocycles. The molecule has 0 radical (unpaired) electrons. The second-order valence-corrected chi connectivity index (χ2v) is 9.05. The summed E-state index contributed by atoms with van der Waals surface area (Å²) in [7, 11) is 1.67. The maximum atomic E-state index is 13.1. The Bertz CT molecular complexity index is 978. The highest BCUT2D eigenvalue weighted by Gasteiger charge is 2.24. The molecular formula is C24H30Cl2N4O3. The van der Waals surface area contributed by atoms with Crippen molar-refractivity contribution in [1.82, 2.24) is 5.32 Å². The first-order chi connectivity index (χ1) is 15.8. The summed E-state index contributed by atoms with van der Waals surface area (Å²) in [6, 6.07) is 13.3. The second-order valence-electron chi connectivity index (χ2n) is 7.95. The third-order valence-electron chi connectivity index (χ3n) is 5.74. The number of anilines is 3. The topological polar surface area (TPSA) is 73.9 Å². The minimum absolute atomic E-state index is 0.0288. The van der Waals surface area contributed by atoms with Gasteiger partial charge in [-0.2, -0.15) is 0 Å². The number of nitrogens with zero attached hydrogens (tertiary/aromatic N) is 2. The number of carbonyl (C=O) groups is 2. The van der Waals surface area contributed by atoms with Gasteiger partial charge in [0.05, 0.1) is 18.4 Å². The van der Waals surface area contributed by atoms with E-state index < -0.39 is 10.7 Å². The van der Waals surface area contributed by atoms with Crippen LogP contribution in [-0.4, -0.2) is 56.0 Å². The number of carbonyl (C=O) groups excluding carboxylic acids is 2. The van der Waals surface area contributed by atoms with E-state index in [1.54, 1.807) is 19.2 Å². The van der Waals surface area contributed by atoms with Gasteiger partial charge in [0, 0.05) is 43.6 Å².